The van der Waals surface area contributed by atoms with Crippen LogP contribution in [0.25, 0.3) is 0 Å². The SMILES string of the molecule is N#Cc1cccc(CN2CCO[C@@H]3CCCC[C@@H]32)c1. The summed E-state index contributed by atoms with van der Waals surface area (Å²) in [6.07, 6.45) is 5.52. The van der Waals surface area contributed by atoms with Crippen LogP contribution >= 0.6 is 0 Å². The van der Waals surface area contributed by atoms with E-state index in [1.807, 2.05) is 18.2 Å². The molecule has 0 unspecified atom stereocenters. The Balaban J connectivity index is 1.72. The molecule has 2 aliphatic rings. The van der Waals surface area contributed by atoms with E-state index in [2.05, 4.69) is 17.0 Å². The summed E-state index contributed by atoms with van der Waals surface area (Å²) < 4.78 is 5.90. The Morgan fingerprint density at radius 1 is 1.32 bits per heavy atom. The van der Waals surface area contributed by atoms with Crippen molar-refractivity contribution in [3.8, 4) is 6.07 Å². The Bertz CT molecular complexity index is 478. The molecule has 3 rings (SSSR count). The summed E-state index contributed by atoms with van der Waals surface area (Å²) in [5.41, 5.74) is 2.00. The highest BCUT2D eigenvalue weighted by molar-refractivity contribution is 5.32. The standard InChI is InChI=1S/C16H20N2O/c17-11-13-4-3-5-14(10-13)12-18-8-9-19-16-7-2-1-6-15(16)18/h3-5,10,15-16H,1-2,6-9,12H2/t15-,16+/m0/s1. The van der Waals surface area contributed by atoms with Crippen LogP contribution in [-0.4, -0.2) is 30.2 Å². The normalized spacial score (nSPS) is 27.5. The number of benzene rings is 1. The molecule has 0 spiro atoms. The van der Waals surface area contributed by atoms with E-state index in [4.69, 9.17) is 10.00 Å². The van der Waals surface area contributed by atoms with E-state index in [0.29, 0.717) is 12.1 Å². The molecule has 100 valence electrons. The molecule has 3 nitrogen and oxygen atoms in total. The van der Waals surface area contributed by atoms with Gasteiger partial charge in [-0.2, -0.15) is 5.26 Å². The van der Waals surface area contributed by atoms with Crippen LogP contribution in [0.5, 0.6) is 0 Å². The number of rotatable bonds is 2. The van der Waals surface area contributed by atoms with Crippen molar-refractivity contribution in [1.29, 1.82) is 5.26 Å². The van der Waals surface area contributed by atoms with Crippen molar-refractivity contribution in [2.75, 3.05) is 13.2 Å². The Hall–Kier alpha value is -1.37. The fraction of sp³-hybridized carbons (Fsp3) is 0.562. The van der Waals surface area contributed by atoms with Gasteiger partial charge in [0, 0.05) is 19.1 Å². The number of hydrogen-bond donors (Lipinski definition) is 0. The molecule has 2 atom stereocenters. The smallest absolute Gasteiger partial charge is 0.0991 e. The van der Waals surface area contributed by atoms with Crippen LogP contribution in [0.2, 0.25) is 0 Å². The molecule has 1 aliphatic heterocycles. The number of fused-ring (bicyclic) bond motifs is 1. The highest BCUT2D eigenvalue weighted by atomic mass is 16.5. The largest absolute Gasteiger partial charge is 0.375 e. The van der Waals surface area contributed by atoms with E-state index in [-0.39, 0.29) is 0 Å². The maximum Gasteiger partial charge on any atom is 0.0991 e. The predicted molar refractivity (Wildman–Crippen MR) is 73.6 cm³/mol. The first kappa shape index (κ1) is 12.7. The van der Waals surface area contributed by atoms with Crippen LogP contribution in [0, 0.1) is 11.3 Å². The molecule has 3 heteroatoms. The first-order valence-electron chi connectivity index (χ1n) is 7.21. The van der Waals surface area contributed by atoms with Crippen molar-refractivity contribution in [3.63, 3.8) is 0 Å². The minimum atomic E-state index is 0.432. The molecule has 1 saturated carbocycles. The molecule has 0 aromatic heterocycles. The van der Waals surface area contributed by atoms with Gasteiger partial charge in [0.05, 0.1) is 24.3 Å². The van der Waals surface area contributed by atoms with Gasteiger partial charge in [-0.1, -0.05) is 25.0 Å². The maximum atomic E-state index is 8.97. The van der Waals surface area contributed by atoms with Crippen molar-refractivity contribution in [1.82, 2.24) is 4.90 Å². The lowest BCUT2D eigenvalue weighted by Gasteiger charge is -2.43. The van der Waals surface area contributed by atoms with E-state index in [1.165, 1.54) is 31.2 Å². The van der Waals surface area contributed by atoms with Crippen LogP contribution in [0.1, 0.15) is 36.8 Å². The third-order valence-electron chi connectivity index (χ3n) is 4.29. The van der Waals surface area contributed by atoms with Gasteiger partial charge in [-0.3, -0.25) is 4.90 Å². The second-order valence-electron chi connectivity index (χ2n) is 5.54. The van der Waals surface area contributed by atoms with Crippen LogP contribution in [0.15, 0.2) is 24.3 Å². The zero-order valence-corrected chi connectivity index (χ0v) is 11.2. The third kappa shape index (κ3) is 2.80. The monoisotopic (exact) mass is 256 g/mol. The Morgan fingerprint density at radius 2 is 2.21 bits per heavy atom. The third-order valence-corrected chi connectivity index (χ3v) is 4.29. The summed E-state index contributed by atoms with van der Waals surface area (Å²) in [5, 5.41) is 8.97. The van der Waals surface area contributed by atoms with E-state index in [1.54, 1.807) is 0 Å². The molecule has 1 heterocycles. The number of nitrogens with zero attached hydrogens (tertiary/aromatic N) is 2. The van der Waals surface area contributed by atoms with Gasteiger partial charge in [0.15, 0.2) is 0 Å². The topological polar surface area (TPSA) is 36.3 Å². The fourth-order valence-electron chi connectivity index (χ4n) is 3.35. The van der Waals surface area contributed by atoms with Gasteiger partial charge >= 0.3 is 0 Å². The summed E-state index contributed by atoms with van der Waals surface area (Å²) in [5.74, 6) is 0. The predicted octanol–water partition coefficient (Wildman–Crippen LogP) is 2.70. The number of ether oxygens (including phenoxy) is 1. The molecule has 2 fully saturated rings. The lowest BCUT2D eigenvalue weighted by Crippen LogP contribution is -2.52. The fourth-order valence-corrected chi connectivity index (χ4v) is 3.35. The van der Waals surface area contributed by atoms with Crippen molar-refractivity contribution >= 4 is 0 Å². The molecule has 0 radical (unpaired) electrons. The van der Waals surface area contributed by atoms with Gasteiger partial charge in [-0.25, -0.2) is 0 Å². The Labute approximate surface area is 114 Å². The lowest BCUT2D eigenvalue weighted by molar-refractivity contribution is -0.0911. The molecule has 0 N–H and O–H groups in total. The van der Waals surface area contributed by atoms with Gasteiger partial charge in [0.1, 0.15) is 0 Å². The van der Waals surface area contributed by atoms with Crippen molar-refractivity contribution in [2.45, 2.75) is 44.4 Å². The molecule has 0 amide bonds. The summed E-state index contributed by atoms with van der Waals surface area (Å²) in [6.45, 7) is 2.80. The van der Waals surface area contributed by atoms with Gasteiger partial charge in [-0.15, -0.1) is 0 Å². The van der Waals surface area contributed by atoms with Crippen LogP contribution in [0.4, 0.5) is 0 Å². The summed E-state index contributed by atoms with van der Waals surface area (Å²) >= 11 is 0. The molecular weight excluding hydrogens is 236 g/mol. The molecule has 19 heavy (non-hydrogen) atoms. The van der Waals surface area contributed by atoms with Gasteiger partial charge < -0.3 is 4.74 Å². The summed E-state index contributed by atoms with van der Waals surface area (Å²) in [4.78, 5) is 2.55. The lowest BCUT2D eigenvalue weighted by atomic mass is 9.90. The first-order valence-corrected chi connectivity index (χ1v) is 7.21. The van der Waals surface area contributed by atoms with Gasteiger partial charge in [0.2, 0.25) is 0 Å². The molecule has 1 aromatic carbocycles. The number of morpholine rings is 1. The highest BCUT2D eigenvalue weighted by Crippen LogP contribution is 2.29. The van der Waals surface area contributed by atoms with E-state index in [9.17, 15) is 0 Å². The minimum absolute atomic E-state index is 0.432. The first-order chi connectivity index (χ1) is 9.36. The quantitative estimate of drug-likeness (QED) is 0.816. The molecule has 1 saturated heterocycles. The molecule has 1 aliphatic carbocycles. The summed E-state index contributed by atoms with van der Waals surface area (Å²) in [6, 6.07) is 10.8. The minimum Gasteiger partial charge on any atom is -0.375 e. The van der Waals surface area contributed by atoms with Crippen LogP contribution < -0.4 is 0 Å². The zero-order valence-electron chi connectivity index (χ0n) is 11.2. The van der Waals surface area contributed by atoms with Gasteiger partial charge in [0.25, 0.3) is 0 Å². The average Bonchev–Trinajstić information content (AvgIpc) is 2.48. The van der Waals surface area contributed by atoms with E-state index >= 15 is 0 Å². The van der Waals surface area contributed by atoms with Crippen molar-refractivity contribution < 1.29 is 4.74 Å². The second-order valence-corrected chi connectivity index (χ2v) is 5.54. The zero-order chi connectivity index (χ0) is 13.1. The highest BCUT2D eigenvalue weighted by Gasteiger charge is 2.33. The molecule has 1 aromatic rings. The average molecular weight is 256 g/mol. The maximum absolute atomic E-state index is 8.97. The molecule has 0 bridgehead atoms. The van der Waals surface area contributed by atoms with Crippen molar-refractivity contribution in [2.24, 2.45) is 0 Å². The van der Waals surface area contributed by atoms with E-state index < -0.39 is 0 Å². The second kappa shape index (κ2) is 5.73. The number of nitriles is 1. The van der Waals surface area contributed by atoms with Crippen molar-refractivity contribution in [3.05, 3.63) is 35.4 Å². The Kier molecular flexibility index (Phi) is 3.82. The van der Waals surface area contributed by atoms with Gasteiger partial charge in [-0.05, 0) is 30.5 Å². The Morgan fingerprint density at radius 3 is 3.11 bits per heavy atom. The van der Waals surface area contributed by atoms with E-state index in [0.717, 1.165) is 25.3 Å². The molecular formula is C16H20N2O. The van der Waals surface area contributed by atoms with Crippen LogP contribution in [0.3, 0.4) is 0 Å². The summed E-state index contributed by atoms with van der Waals surface area (Å²) in [7, 11) is 0. The number of hydrogen-bond acceptors (Lipinski definition) is 3. The van der Waals surface area contributed by atoms with Crippen LogP contribution in [-0.2, 0) is 11.3 Å².